The Balaban J connectivity index is 1.30. The first-order chi connectivity index (χ1) is 11.2. The fraction of sp³-hybridized carbons (Fsp3) is 0.765. The van der Waals surface area contributed by atoms with E-state index in [0.29, 0.717) is 11.1 Å². The van der Waals surface area contributed by atoms with Gasteiger partial charge in [-0.3, -0.25) is 4.79 Å². The topological polar surface area (TPSA) is 45.7 Å². The van der Waals surface area contributed by atoms with Crippen LogP contribution in [0.25, 0.3) is 0 Å². The van der Waals surface area contributed by atoms with Crippen molar-refractivity contribution in [3.8, 4) is 0 Å². The number of carbonyl (C=O) groups excluding carboxylic acids is 1. The second-order valence-electron chi connectivity index (χ2n) is 7.38. The minimum absolute atomic E-state index is 0.119. The standard InChI is InChI=1S/C17H25N3O2S/c21-16(15-11-23-13-18-15)20-7-4-17(12-20)2-5-19(6-3-17)9-14-1-8-22-10-14/h11,13-14H,1-10,12H2. The summed E-state index contributed by atoms with van der Waals surface area (Å²) in [5.74, 6) is 0.851. The van der Waals surface area contributed by atoms with Gasteiger partial charge in [-0.25, -0.2) is 4.98 Å². The number of hydrogen-bond acceptors (Lipinski definition) is 5. The normalized spacial score (nSPS) is 27.8. The summed E-state index contributed by atoms with van der Waals surface area (Å²) in [5.41, 5.74) is 2.71. The molecule has 0 N–H and O–H groups in total. The molecule has 1 aromatic rings. The SMILES string of the molecule is O=C(c1cscn1)N1CCC2(CCN(CC3CCOC3)CC2)C1. The third kappa shape index (κ3) is 3.30. The van der Waals surface area contributed by atoms with Crippen molar-refractivity contribution in [1.29, 1.82) is 0 Å². The number of likely N-dealkylation sites (tertiary alicyclic amines) is 2. The van der Waals surface area contributed by atoms with E-state index in [0.717, 1.165) is 38.6 Å². The molecule has 6 heteroatoms. The molecule has 4 heterocycles. The Bertz CT molecular complexity index is 534. The number of thiazole rings is 1. The monoisotopic (exact) mass is 335 g/mol. The van der Waals surface area contributed by atoms with Crippen LogP contribution in [0, 0.1) is 11.3 Å². The van der Waals surface area contributed by atoms with Crippen LogP contribution in [0.3, 0.4) is 0 Å². The van der Waals surface area contributed by atoms with Crippen LogP contribution >= 0.6 is 11.3 Å². The smallest absolute Gasteiger partial charge is 0.273 e. The van der Waals surface area contributed by atoms with E-state index < -0.39 is 0 Å². The van der Waals surface area contributed by atoms with Gasteiger partial charge in [0.1, 0.15) is 5.69 Å². The van der Waals surface area contributed by atoms with Crippen molar-refractivity contribution in [2.45, 2.75) is 25.7 Å². The predicted octanol–water partition coefficient (Wildman–Crippen LogP) is 2.11. The number of rotatable bonds is 3. The van der Waals surface area contributed by atoms with Crippen LogP contribution in [0.15, 0.2) is 10.9 Å². The Morgan fingerprint density at radius 3 is 2.87 bits per heavy atom. The van der Waals surface area contributed by atoms with Gasteiger partial charge in [-0.05, 0) is 50.1 Å². The molecule has 1 amide bonds. The fourth-order valence-corrected chi connectivity index (χ4v) is 4.82. The van der Waals surface area contributed by atoms with E-state index >= 15 is 0 Å². The Hall–Kier alpha value is -0.980. The third-order valence-corrected chi connectivity index (χ3v) is 6.42. The molecule has 126 valence electrons. The van der Waals surface area contributed by atoms with Gasteiger partial charge in [0.15, 0.2) is 0 Å². The van der Waals surface area contributed by atoms with E-state index in [1.165, 1.54) is 50.2 Å². The number of piperidine rings is 1. The first-order valence-electron chi connectivity index (χ1n) is 8.72. The molecule has 1 aromatic heterocycles. The fourth-order valence-electron chi connectivity index (χ4n) is 4.30. The molecule has 5 nitrogen and oxygen atoms in total. The lowest BCUT2D eigenvalue weighted by atomic mass is 9.77. The lowest BCUT2D eigenvalue weighted by Gasteiger charge is -2.40. The van der Waals surface area contributed by atoms with E-state index in [1.807, 2.05) is 10.3 Å². The minimum atomic E-state index is 0.119. The zero-order valence-electron chi connectivity index (χ0n) is 13.6. The number of carbonyl (C=O) groups is 1. The molecular weight excluding hydrogens is 310 g/mol. The maximum Gasteiger partial charge on any atom is 0.273 e. The first kappa shape index (κ1) is 15.5. The van der Waals surface area contributed by atoms with E-state index in [-0.39, 0.29) is 5.91 Å². The lowest BCUT2D eigenvalue weighted by molar-refractivity contribution is 0.0693. The van der Waals surface area contributed by atoms with Crippen LogP contribution in [0.1, 0.15) is 36.2 Å². The van der Waals surface area contributed by atoms with Gasteiger partial charge in [-0.2, -0.15) is 0 Å². The van der Waals surface area contributed by atoms with Crippen LogP contribution in [-0.4, -0.2) is 66.6 Å². The lowest BCUT2D eigenvalue weighted by Crippen LogP contribution is -2.43. The number of aromatic nitrogens is 1. The highest BCUT2D eigenvalue weighted by atomic mass is 32.1. The largest absolute Gasteiger partial charge is 0.381 e. The third-order valence-electron chi connectivity index (χ3n) is 5.83. The molecule has 1 atom stereocenters. The zero-order chi connectivity index (χ0) is 15.7. The van der Waals surface area contributed by atoms with Crippen molar-refractivity contribution in [2.75, 3.05) is 45.9 Å². The van der Waals surface area contributed by atoms with Crippen molar-refractivity contribution in [2.24, 2.45) is 11.3 Å². The maximum atomic E-state index is 12.5. The summed E-state index contributed by atoms with van der Waals surface area (Å²) in [6, 6.07) is 0. The number of hydrogen-bond donors (Lipinski definition) is 0. The van der Waals surface area contributed by atoms with Crippen LogP contribution in [0.4, 0.5) is 0 Å². The van der Waals surface area contributed by atoms with Crippen molar-refractivity contribution in [3.05, 3.63) is 16.6 Å². The van der Waals surface area contributed by atoms with Crippen LogP contribution in [0.2, 0.25) is 0 Å². The molecule has 0 saturated carbocycles. The molecule has 3 saturated heterocycles. The number of ether oxygens (including phenoxy) is 1. The first-order valence-corrected chi connectivity index (χ1v) is 9.66. The quantitative estimate of drug-likeness (QED) is 0.849. The van der Waals surface area contributed by atoms with E-state index in [9.17, 15) is 4.79 Å². The summed E-state index contributed by atoms with van der Waals surface area (Å²) < 4.78 is 5.49. The summed E-state index contributed by atoms with van der Waals surface area (Å²) in [7, 11) is 0. The van der Waals surface area contributed by atoms with Gasteiger partial charge in [-0.1, -0.05) is 0 Å². The Labute approximate surface area is 141 Å². The van der Waals surface area contributed by atoms with Crippen molar-refractivity contribution in [3.63, 3.8) is 0 Å². The maximum absolute atomic E-state index is 12.5. The predicted molar refractivity (Wildman–Crippen MR) is 89.7 cm³/mol. The molecule has 1 spiro atoms. The highest BCUT2D eigenvalue weighted by Crippen LogP contribution is 2.41. The van der Waals surface area contributed by atoms with Crippen LogP contribution in [0.5, 0.6) is 0 Å². The molecule has 3 fully saturated rings. The van der Waals surface area contributed by atoms with Crippen LogP contribution in [-0.2, 0) is 4.74 Å². The average molecular weight is 335 g/mol. The summed E-state index contributed by atoms with van der Waals surface area (Å²) in [6.45, 7) is 7.24. The average Bonchev–Trinajstić information content (AvgIpc) is 3.31. The van der Waals surface area contributed by atoms with Crippen molar-refractivity contribution in [1.82, 2.24) is 14.8 Å². The Morgan fingerprint density at radius 1 is 1.35 bits per heavy atom. The molecule has 0 aliphatic carbocycles. The molecule has 23 heavy (non-hydrogen) atoms. The van der Waals surface area contributed by atoms with Gasteiger partial charge in [-0.15, -0.1) is 11.3 Å². The van der Waals surface area contributed by atoms with Gasteiger partial charge in [0.25, 0.3) is 5.91 Å². The minimum Gasteiger partial charge on any atom is -0.381 e. The van der Waals surface area contributed by atoms with Crippen molar-refractivity contribution >= 4 is 17.2 Å². The summed E-state index contributed by atoms with van der Waals surface area (Å²) in [5, 5.41) is 1.86. The molecular formula is C17H25N3O2S. The summed E-state index contributed by atoms with van der Waals surface area (Å²) in [6.07, 6.45) is 4.82. The zero-order valence-corrected chi connectivity index (χ0v) is 14.4. The molecule has 0 radical (unpaired) electrons. The van der Waals surface area contributed by atoms with E-state index in [1.54, 1.807) is 5.51 Å². The highest BCUT2D eigenvalue weighted by Gasteiger charge is 2.42. The van der Waals surface area contributed by atoms with Crippen molar-refractivity contribution < 1.29 is 9.53 Å². The van der Waals surface area contributed by atoms with Gasteiger partial charge >= 0.3 is 0 Å². The summed E-state index contributed by atoms with van der Waals surface area (Å²) >= 11 is 1.49. The molecule has 4 rings (SSSR count). The summed E-state index contributed by atoms with van der Waals surface area (Å²) in [4.78, 5) is 21.3. The highest BCUT2D eigenvalue weighted by molar-refractivity contribution is 7.07. The number of amides is 1. The van der Waals surface area contributed by atoms with Gasteiger partial charge in [0.05, 0.1) is 12.1 Å². The Kier molecular flexibility index (Phi) is 4.39. The second kappa shape index (κ2) is 6.49. The van der Waals surface area contributed by atoms with E-state index in [2.05, 4.69) is 9.88 Å². The van der Waals surface area contributed by atoms with Gasteiger partial charge in [0, 0.05) is 31.6 Å². The second-order valence-corrected chi connectivity index (χ2v) is 8.10. The molecule has 3 aliphatic heterocycles. The Morgan fingerprint density at radius 2 is 2.17 bits per heavy atom. The molecule has 1 unspecified atom stereocenters. The van der Waals surface area contributed by atoms with E-state index in [4.69, 9.17) is 4.74 Å². The molecule has 0 aromatic carbocycles. The van der Waals surface area contributed by atoms with Crippen LogP contribution < -0.4 is 0 Å². The molecule has 3 aliphatic rings. The molecule has 0 bridgehead atoms. The van der Waals surface area contributed by atoms with Gasteiger partial charge in [0.2, 0.25) is 0 Å². The number of nitrogens with zero attached hydrogens (tertiary/aromatic N) is 3. The van der Waals surface area contributed by atoms with Gasteiger partial charge < -0.3 is 14.5 Å².